The topological polar surface area (TPSA) is 54.5 Å². The summed E-state index contributed by atoms with van der Waals surface area (Å²) in [6, 6.07) is 11.9. The second-order valence-corrected chi connectivity index (χ2v) is 6.33. The highest BCUT2D eigenvalue weighted by Gasteiger charge is 2.08. The molecule has 134 valence electrons. The molecule has 1 heterocycles. The number of hydrogen-bond donors (Lipinski definition) is 1. The van der Waals surface area contributed by atoms with Gasteiger partial charge in [-0.3, -0.25) is 4.98 Å². The van der Waals surface area contributed by atoms with E-state index in [-0.39, 0.29) is 6.03 Å². The van der Waals surface area contributed by atoms with Gasteiger partial charge >= 0.3 is 6.03 Å². The molecule has 1 N–H and O–H groups in total. The van der Waals surface area contributed by atoms with E-state index in [4.69, 9.17) is 4.74 Å². The quantitative estimate of drug-likeness (QED) is 0.748. The summed E-state index contributed by atoms with van der Waals surface area (Å²) < 4.78 is 5.72. The van der Waals surface area contributed by atoms with Crippen LogP contribution in [0, 0.1) is 0 Å². The summed E-state index contributed by atoms with van der Waals surface area (Å²) in [6.45, 7) is 5.89. The average Bonchev–Trinajstić information content (AvgIpc) is 2.64. The molecule has 0 radical (unpaired) electrons. The Kier molecular flexibility index (Phi) is 7.26. The summed E-state index contributed by atoms with van der Waals surface area (Å²) in [4.78, 5) is 17.7. The molecule has 1 aromatic carbocycles. The van der Waals surface area contributed by atoms with Gasteiger partial charge in [0.1, 0.15) is 12.4 Å². The smallest absolute Gasteiger partial charge is 0.317 e. The van der Waals surface area contributed by atoms with Crippen LogP contribution in [-0.4, -0.2) is 42.7 Å². The van der Waals surface area contributed by atoms with Gasteiger partial charge in [-0.25, -0.2) is 4.79 Å². The molecule has 0 fully saturated rings. The molecule has 0 atom stereocenters. The number of carbonyl (C=O) groups is 1. The minimum Gasteiger partial charge on any atom is -0.492 e. The number of pyridine rings is 1. The van der Waals surface area contributed by atoms with Gasteiger partial charge in [0.15, 0.2) is 0 Å². The molecule has 2 aromatic rings. The fourth-order valence-electron chi connectivity index (χ4n) is 2.37. The van der Waals surface area contributed by atoms with Gasteiger partial charge in [0.25, 0.3) is 0 Å². The van der Waals surface area contributed by atoms with Crippen molar-refractivity contribution >= 4 is 6.03 Å². The summed E-state index contributed by atoms with van der Waals surface area (Å²) >= 11 is 0. The largest absolute Gasteiger partial charge is 0.492 e. The van der Waals surface area contributed by atoms with E-state index in [0.717, 1.165) is 12.2 Å². The first-order chi connectivity index (χ1) is 12.1. The Morgan fingerprint density at radius 2 is 2.00 bits per heavy atom. The van der Waals surface area contributed by atoms with Crippen molar-refractivity contribution in [2.45, 2.75) is 26.2 Å². The molecule has 5 nitrogen and oxygen atoms in total. The van der Waals surface area contributed by atoms with Crippen molar-refractivity contribution in [2.75, 3.05) is 26.7 Å². The highest BCUT2D eigenvalue weighted by atomic mass is 16.5. The summed E-state index contributed by atoms with van der Waals surface area (Å²) in [6.07, 6.45) is 4.34. The van der Waals surface area contributed by atoms with E-state index >= 15 is 0 Å². The lowest BCUT2D eigenvalue weighted by atomic mass is 10.0. The molecular weight excluding hydrogens is 314 g/mol. The van der Waals surface area contributed by atoms with Gasteiger partial charge in [-0.2, -0.15) is 0 Å². The Morgan fingerprint density at radius 3 is 2.72 bits per heavy atom. The molecule has 2 rings (SSSR count). The van der Waals surface area contributed by atoms with Gasteiger partial charge in [0, 0.05) is 26.0 Å². The number of ether oxygens (including phenoxy) is 1. The van der Waals surface area contributed by atoms with E-state index in [2.05, 4.69) is 30.2 Å². The Hall–Kier alpha value is -2.56. The van der Waals surface area contributed by atoms with Crippen molar-refractivity contribution < 1.29 is 9.53 Å². The number of rotatable bonds is 8. The summed E-state index contributed by atoms with van der Waals surface area (Å²) in [5, 5.41) is 2.88. The van der Waals surface area contributed by atoms with Crippen molar-refractivity contribution in [3.8, 4) is 5.75 Å². The molecule has 0 saturated carbocycles. The van der Waals surface area contributed by atoms with Crippen LogP contribution in [0.5, 0.6) is 5.75 Å². The zero-order chi connectivity index (χ0) is 18.1. The number of carbonyl (C=O) groups excluding carboxylic acids is 1. The number of nitrogens with one attached hydrogen (secondary N) is 1. The van der Waals surface area contributed by atoms with Crippen LogP contribution >= 0.6 is 0 Å². The van der Waals surface area contributed by atoms with Crippen LogP contribution in [0.4, 0.5) is 4.79 Å². The van der Waals surface area contributed by atoms with E-state index in [1.165, 1.54) is 11.1 Å². The molecule has 0 bridgehead atoms. The van der Waals surface area contributed by atoms with Crippen LogP contribution in [0.25, 0.3) is 0 Å². The third-order valence-corrected chi connectivity index (χ3v) is 4.00. The highest BCUT2D eigenvalue weighted by Crippen LogP contribution is 2.19. The predicted molar refractivity (Wildman–Crippen MR) is 100.0 cm³/mol. The Bertz CT molecular complexity index is 659. The number of nitrogens with zero attached hydrogens (tertiary/aromatic N) is 2. The van der Waals surface area contributed by atoms with Crippen molar-refractivity contribution in [1.82, 2.24) is 15.2 Å². The van der Waals surface area contributed by atoms with Gasteiger partial charge in [0.05, 0.1) is 6.54 Å². The molecule has 1 aromatic heterocycles. The number of aromatic nitrogens is 1. The van der Waals surface area contributed by atoms with E-state index in [1.54, 1.807) is 24.3 Å². The summed E-state index contributed by atoms with van der Waals surface area (Å²) in [5.41, 5.74) is 2.42. The predicted octanol–water partition coefficient (Wildman–Crippen LogP) is 3.47. The minimum atomic E-state index is -0.0893. The number of urea groups is 1. The highest BCUT2D eigenvalue weighted by molar-refractivity contribution is 5.73. The van der Waals surface area contributed by atoms with Crippen molar-refractivity contribution in [1.29, 1.82) is 0 Å². The molecule has 25 heavy (non-hydrogen) atoms. The van der Waals surface area contributed by atoms with Crippen molar-refractivity contribution in [3.05, 3.63) is 59.9 Å². The van der Waals surface area contributed by atoms with E-state index in [1.807, 2.05) is 30.3 Å². The first kappa shape index (κ1) is 18.8. The molecule has 0 spiro atoms. The maximum atomic E-state index is 12.1. The van der Waals surface area contributed by atoms with E-state index < -0.39 is 0 Å². The molecule has 0 aliphatic carbocycles. The SMILES string of the molecule is CC(C)c1cccc(OCCNC(=O)N(C)CCc2ccncc2)c1. The Balaban J connectivity index is 1.67. The van der Waals surface area contributed by atoms with E-state index in [0.29, 0.717) is 25.6 Å². The van der Waals surface area contributed by atoms with Crippen LogP contribution in [0.3, 0.4) is 0 Å². The third kappa shape index (κ3) is 6.45. The molecular formula is C20H27N3O2. The minimum absolute atomic E-state index is 0.0893. The first-order valence-electron chi connectivity index (χ1n) is 8.67. The number of benzene rings is 1. The van der Waals surface area contributed by atoms with Crippen molar-refractivity contribution in [2.24, 2.45) is 0 Å². The van der Waals surface area contributed by atoms with Crippen molar-refractivity contribution in [3.63, 3.8) is 0 Å². The lowest BCUT2D eigenvalue weighted by molar-refractivity contribution is 0.206. The first-order valence-corrected chi connectivity index (χ1v) is 8.67. The molecule has 2 amide bonds. The number of hydrogen-bond acceptors (Lipinski definition) is 3. The number of amides is 2. The molecule has 0 saturated heterocycles. The van der Waals surface area contributed by atoms with Crippen LogP contribution < -0.4 is 10.1 Å². The fourth-order valence-corrected chi connectivity index (χ4v) is 2.37. The monoisotopic (exact) mass is 341 g/mol. The second kappa shape index (κ2) is 9.67. The van der Waals surface area contributed by atoms with Crippen LogP contribution in [0.15, 0.2) is 48.8 Å². The zero-order valence-corrected chi connectivity index (χ0v) is 15.2. The lowest BCUT2D eigenvalue weighted by Crippen LogP contribution is -2.40. The number of likely N-dealkylation sites (N-methyl/N-ethyl adjacent to an activating group) is 1. The second-order valence-electron chi connectivity index (χ2n) is 6.33. The van der Waals surface area contributed by atoms with E-state index in [9.17, 15) is 4.79 Å². The molecule has 0 aliphatic heterocycles. The van der Waals surface area contributed by atoms with Crippen LogP contribution in [0.2, 0.25) is 0 Å². The third-order valence-electron chi connectivity index (χ3n) is 4.00. The summed E-state index contributed by atoms with van der Waals surface area (Å²) in [5.74, 6) is 1.31. The molecule has 0 unspecified atom stereocenters. The van der Waals surface area contributed by atoms with Gasteiger partial charge in [-0.15, -0.1) is 0 Å². The zero-order valence-electron chi connectivity index (χ0n) is 15.2. The molecule has 5 heteroatoms. The van der Waals surface area contributed by atoms with Gasteiger partial charge < -0.3 is 15.0 Å². The Morgan fingerprint density at radius 1 is 1.24 bits per heavy atom. The fraction of sp³-hybridized carbons (Fsp3) is 0.400. The van der Waals surface area contributed by atoms with Gasteiger partial charge in [0.2, 0.25) is 0 Å². The molecule has 0 aliphatic rings. The lowest BCUT2D eigenvalue weighted by Gasteiger charge is -2.18. The maximum absolute atomic E-state index is 12.1. The van der Waals surface area contributed by atoms with Crippen LogP contribution in [-0.2, 0) is 6.42 Å². The standard InChI is InChI=1S/C20H27N3O2/c1-16(2)18-5-4-6-19(15-18)25-14-12-22-20(24)23(3)13-9-17-7-10-21-11-8-17/h4-8,10-11,15-16H,9,12-14H2,1-3H3,(H,22,24). The Labute approximate surface area is 150 Å². The average molecular weight is 341 g/mol. The maximum Gasteiger partial charge on any atom is 0.317 e. The van der Waals surface area contributed by atoms with Gasteiger partial charge in [-0.1, -0.05) is 26.0 Å². The summed E-state index contributed by atoms with van der Waals surface area (Å²) in [7, 11) is 1.80. The normalized spacial score (nSPS) is 10.6. The van der Waals surface area contributed by atoms with Crippen LogP contribution in [0.1, 0.15) is 30.9 Å². The van der Waals surface area contributed by atoms with Gasteiger partial charge in [-0.05, 0) is 47.7 Å².